The third kappa shape index (κ3) is 2.33. The second kappa shape index (κ2) is 5.38. The lowest BCUT2D eigenvalue weighted by Gasteiger charge is -2.28. The highest BCUT2D eigenvalue weighted by atomic mass is 16.2. The van der Waals surface area contributed by atoms with E-state index < -0.39 is 0 Å². The van der Waals surface area contributed by atoms with E-state index in [1.807, 2.05) is 11.9 Å². The van der Waals surface area contributed by atoms with E-state index in [9.17, 15) is 4.79 Å². The number of hydrogen-bond acceptors (Lipinski definition) is 3. The first-order valence-corrected chi connectivity index (χ1v) is 6.58. The van der Waals surface area contributed by atoms with Gasteiger partial charge in [0.15, 0.2) is 0 Å². The summed E-state index contributed by atoms with van der Waals surface area (Å²) in [5.41, 5.74) is 1.52. The Balaban J connectivity index is 2.25. The van der Waals surface area contributed by atoms with Gasteiger partial charge in [0.2, 0.25) is 0 Å². The first-order chi connectivity index (χ1) is 8.65. The smallest absolute Gasteiger partial charge is 0.256 e. The molecule has 98 valence electrons. The molecule has 1 atom stereocenters. The minimum Gasteiger partial charge on any atom is -0.386 e. The van der Waals surface area contributed by atoms with E-state index in [0.29, 0.717) is 12.0 Å². The van der Waals surface area contributed by atoms with Gasteiger partial charge < -0.3 is 10.2 Å². The highest BCUT2D eigenvalue weighted by Gasteiger charge is 2.32. The molecular formula is C14H21N3O. The van der Waals surface area contributed by atoms with E-state index in [4.69, 9.17) is 0 Å². The predicted molar refractivity (Wildman–Crippen MR) is 72.7 cm³/mol. The predicted octanol–water partition coefficient (Wildman–Crippen LogP) is 2.38. The van der Waals surface area contributed by atoms with E-state index in [1.54, 1.807) is 18.5 Å². The van der Waals surface area contributed by atoms with Crippen molar-refractivity contribution >= 4 is 11.6 Å². The van der Waals surface area contributed by atoms with Crippen LogP contribution >= 0.6 is 0 Å². The Hall–Kier alpha value is -1.58. The molecule has 1 N–H and O–H groups in total. The van der Waals surface area contributed by atoms with Crippen molar-refractivity contribution in [1.29, 1.82) is 0 Å². The molecule has 4 heteroatoms. The number of anilines is 1. The zero-order valence-corrected chi connectivity index (χ0v) is 11.3. The summed E-state index contributed by atoms with van der Waals surface area (Å²) in [5.74, 6) is 0.634. The average Bonchev–Trinajstić information content (AvgIpc) is 2.87. The van der Waals surface area contributed by atoms with Crippen LogP contribution in [0.3, 0.4) is 0 Å². The molecule has 0 aromatic carbocycles. The van der Waals surface area contributed by atoms with Crippen molar-refractivity contribution in [3.05, 3.63) is 24.0 Å². The monoisotopic (exact) mass is 247 g/mol. The second-order valence-electron chi connectivity index (χ2n) is 5.12. The molecular weight excluding hydrogens is 226 g/mol. The van der Waals surface area contributed by atoms with Gasteiger partial charge in [0, 0.05) is 25.8 Å². The number of likely N-dealkylation sites (tertiary alicyclic amines) is 1. The van der Waals surface area contributed by atoms with Gasteiger partial charge in [-0.25, -0.2) is 0 Å². The van der Waals surface area contributed by atoms with Crippen molar-refractivity contribution in [3.63, 3.8) is 0 Å². The fourth-order valence-electron chi connectivity index (χ4n) is 2.67. The molecule has 1 aliphatic heterocycles. The van der Waals surface area contributed by atoms with Crippen LogP contribution in [0.4, 0.5) is 5.69 Å². The molecule has 0 bridgehead atoms. The first kappa shape index (κ1) is 12.9. The lowest BCUT2D eigenvalue weighted by atomic mass is 10.0. The van der Waals surface area contributed by atoms with Crippen LogP contribution in [0.1, 0.15) is 37.0 Å². The summed E-state index contributed by atoms with van der Waals surface area (Å²) in [4.78, 5) is 18.7. The van der Waals surface area contributed by atoms with Crippen LogP contribution in [0.15, 0.2) is 18.5 Å². The molecule has 1 saturated heterocycles. The van der Waals surface area contributed by atoms with Gasteiger partial charge in [0.25, 0.3) is 5.91 Å². The van der Waals surface area contributed by atoms with Crippen molar-refractivity contribution in [2.45, 2.75) is 32.7 Å². The topological polar surface area (TPSA) is 45.2 Å². The van der Waals surface area contributed by atoms with E-state index in [0.717, 1.165) is 30.6 Å². The lowest BCUT2D eigenvalue weighted by molar-refractivity contribution is 0.0702. The minimum atomic E-state index is 0.123. The second-order valence-corrected chi connectivity index (χ2v) is 5.12. The summed E-state index contributed by atoms with van der Waals surface area (Å²) < 4.78 is 0. The minimum absolute atomic E-state index is 0.123. The summed E-state index contributed by atoms with van der Waals surface area (Å²) in [6.07, 6.45) is 5.60. The summed E-state index contributed by atoms with van der Waals surface area (Å²) >= 11 is 0. The van der Waals surface area contributed by atoms with Gasteiger partial charge in [-0.15, -0.1) is 0 Å². The van der Waals surface area contributed by atoms with Crippen LogP contribution in [-0.2, 0) is 0 Å². The highest BCUT2D eigenvalue weighted by Crippen LogP contribution is 2.27. The maximum Gasteiger partial charge on any atom is 0.256 e. The van der Waals surface area contributed by atoms with Crippen molar-refractivity contribution in [1.82, 2.24) is 9.88 Å². The Labute approximate surface area is 108 Å². The maximum atomic E-state index is 12.6. The zero-order chi connectivity index (χ0) is 13.1. The number of carbonyl (C=O) groups excluding carboxylic acids is 1. The normalized spacial score (nSPS) is 19.3. The van der Waals surface area contributed by atoms with Crippen molar-refractivity contribution in [2.24, 2.45) is 5.92 Å². The van der Waals surface area contributed by atoms with Crippen LogP contribution < -0.4 is 5.32 Å². The standard InChI is InChI=1S/C14H21N3O/c1-10(2)13-5-4-8-17(13)14(18)11-6-7-16-9-12(11)15-3/h6-7,9-10,13,15H,4-5,8H2,1-3H3. The fraction of sp³-hybridized carbons (Fsp3) is 0.571. The largest absolute Gasteiger partial charge is 0.386 e. The van der Waals surface area contributed by atoms with E-state index in [-0.39, 0.29) is 5.91 Å². The third-order valence-corrected chi connectivity index (χ3v) is 3.65. The molecule has 0 spiro atoms. The first-order valence-electron chi connectivity index (χ1n) is 6.58. The number of nitrogens with one attached hydrogen (secondary N) is 1. The highest BCUT2D eigenvalue weighted by molar-refractivity contribution is 5.99. The summed E-state index contributed by atoms with van der Waals surface area (Å²) in [6.45, 7) is 5.23. The van der Waals surface area contributed by atoms with Gasteiger partial charge in [-0.05, 0) is 24.8 Å². The summed E-state index contributed by atoms with van der Waals surface area (Å²) in [6, 6.07) is 2.17. The van der Waals surface area contributed by atoms with Gasteiger partial charge in [-0.3, -0.25) is 9.78 Å². The van der Waals surface area contributed by atoms with E-state index >= 15 is 0 Å². The van der Waals surface area contributed by atoms with Crippen molar-refractivity contribution < 1.29 is 4.79 Å². The molecule has 1 amide bonds. The van der Waals surface area contributed by atoms with Gasteiger partial charge >= 0.3 is 0 Å². The molecule has 0 radical (unpaired) electrons. The van der Waals surface area contributed by atoms with Crippen LogP contribution in [0, 0.1) is 5.92 Å². The van der Waals surface area contributed by atoms with Crippen LogP contribution in [0.2, 0.25) is 0 Å². The SMILES string of the molecule is CNc1cnccc1C(=O)N1CCCC1C(C)C. The Morgan fingerprint density at radius 1 is 1.56 bits per heavy atom. The maximum absolute atomic E-state index is 12.6. The van der Waals surface area contributed by atoms with Gasteiger partial charge in [-0.2, -0.15) is 0 Å². The lowest BCUT2D eigenvalue weighted by Crippen LogP contribution is -2.38. The molecule has 1 fully saturated rings. The van der Waals surface area contributed by atoms with Crippen molar-refractivity contribution in [3.8, 4) is 0 Å². The Morgan fingerprint density at radius 3 is 3.00 bits per heavy atom. The summed E-state index contributed by atoms with van der Waals surface area (Å²) in [5, 5.41) is 3.03. The Kier molecular flexibility index (Phi) is 3.84. The molecule has 2 rings (SSSR count). The third-order valence-electron chi connectivity index (χ3n) is 3.65. The van der Waals surface area contributed by atoms with Gasteiger partial charge in [-0.1, -0.05) is 13.8 Å². The van der Waals surface area contributed by atoms with Gasteiger partial charge in [0.1, 0.15) is 0 Å². The number of carbonyl (C=O) groups is 1. The molecule has 0 saturated carbocycles. The molecule has 1 aromatic rings. The molecule has 1 aromatic heterocycles. The van der Waals surface area contributed by atoms with Gasteiger partial charge in [0.05, 0.1) is 17.4 Å². The fourth-order valence-corrected chi connectivity index (χ4v) is 2.67. The molecule has 18 heavy (non-hydrogen) atoms. The average molecular weight is 247 g/mol. The van der Waals surface area contributed by atoms with E-state index in [2.05, 4.69) is 24.1 Å². The molecule has 4 nitrogen and oxygen atoms in total. The Bertz CT molecular complexity index is 431. The number of nitrogens with zero attached hydrogens (tertiary/aromatic N) is 2. The molecule has 2 heterocycles. The van der Waals surface area contributed by atoms with E-state index in [1.165, 1.54) is 0 Å². The number of amides is 1. The molecule has 1 unspecified atom stereocenters. The summed E-state index contributed by atoms with van der Waals surface area (Å²) in [7, 11) is 1.82. The van der Waals surface area contributed by atoms with Crippen LogP contribution in [0.5, 0.6) is 0 Å². The molecule has 0 aliphatic carbocycles. The number of pyridine rings is 1. The quantitative estimate of drug-likeness (QED) is 0.892. The Morgan fingerprint density at radius 2 is 2.33 bits per heavy atom. The zero-order valence-electron chi connectivity index (χ0n) is 11.3. The van der Waals surface area contributed by atoms with Crippen molar-refractivity contribution in [2.75, 3.05) is 18.9 Å². The number of hydrogen-bond donors (Lipinski definition) is 1. The van der Waals surface area contributed by atoms with Crippen LogP contribution in [0.25, 0.3) is 0 Å². The van der Waals surface area contributed by atoms with Crippen LogP contribution in [-0.4, -0.2) is 35.4 Å². The number of rotatable bonds is 3. The molecule has 1 aliphatic rings. The number of aromatic nitrogens is 1.